The third-order valence-electron chi connectivity index (χ3n) is 3.19. The van der Waals surface area contributed by atoms with E-state index in [9.17, 15) is 4.79 Å². The highest BCUT2D eigenvalue weighted by molar-refractivity contribution is 7.18. The molecule has 0 fully saturated rings. The number of nitrogens with zero attached hydrogens (tertiary/aromatic N) is 2. The first-order valence-electron chi connectivity index (χ1n) is 6.43. The van der Waals surface area contributed by atoms with Crippen molar-refractivity contribution in [2.24, 2.45) is 0 Å². The number of thiazole rings is 1. The second-order valence-corrected chi connectivity index (χ2v) is 5.88. The third-order valence-corrected chi connectivity index (χ3v) is 4.39. The molecule has 0 saturated heterocycles. The topological polar surface area (TPSA) is 58.2 Å². The Hall–Kier alpha value is -2.34. The van der Waals surface area contributed by atoms with Crippen molar-refractivity contribution in [3.05, 3.63) is 40.8 Å². The minimum absolute atomic E-state index is 0.107. The summed E-state index contributed by atoms with van der Waals surface area (Å²) in [5.74, 6) is 0.734. The highest BCUT2D eigenvalue weighted by Gasteiger charge is 2.09. The predicted molar refractivity (Wildman–Crippen MR) is 86.6 cm³/mol. The monoisotopic (exact) mass is 301 g/mol. The average molecular weight is 301 g/mol. The van der Waals surface area contributed by atoms with E-state index in [2.05, 4.69) is 9.97 Å². The van der Waals surface area contributed by atoms with Crippen LogP contribution in [-0.2, 0) is 0 Å². The highest BCUT2D eigenvalue weighted by atomic mass is 32.1. The zero-order valence-corrected chi connectivity index (χ0v) is 12.8. The van der Waals surface area contributed by atoms with Gasteiger partial charge in [-0.15, -0.1) is 0 Å². The summed E-state index contributed by atoms with van der Waals surface area (Å²) in [6.45, 7) is 0. The van der Waals surface area contributed by atoms with Crippen LogP contribution >= 0.6 is 11.3 Å². The molecule has 0 aliphatic rings. The quantitative estimate of drug-likeness (QED) is 0.808. The Morgan fingerprint density at radius 1 is 1.29 bits per heavy atom. The van der Waals surface area contributed by atoms with Gasteiger partial charge in [0.05, 0.1) is 17.7 Å². The van der Waals surface area contributed by atoms with E-state index in [-0.39, 0.29) is 5.56 Å². The Morgan fingerprint density at radius 2 is 2.10 bits per heavy atom. The minimum Gasteiger partial charge on any atom is -0.497 e. The molecule has 0 unspecified atom stereocenters. The number of aromatic amines is 1. The van der Waals surface area contributed by atoms with Gasteiger partial charge in [-0.05, 0) is 29.7 Å². The van der Waals surface area contributed by atoms with Crippen molar-refractivity contribution in [2.45, 2.75) is 0 Å². The van der Waals surface area contributed by atoms with Crippen molar-refractivity contribution < 1.29 is 4.74 Å². The number of ether oxygens (including phenoxy) is 1. The Balaban J connectivity index is 2.16. The van der Waals surface area contributed by atoms with E-state index in [1.807, 2.05) is 31.1 Å². The highest BCUT2D eigenvalue weighted by Crippen LogP contribution is 2.30. The van der Waals surface area contributed by atoms with Crippen LogP contribution in [0, 0.1) is 0 Å². The summed E-state index contributed by atoms with van der Waals surface area (Å²) in [7, 11) is 5.50. The lowest BCUT2D eigenvalue weighted by atomic mass is 10.1. The fourth-order valence-corrected chi connectivity index (χ4v) is 2.91. The maximum Gasteiger partial charge on any atom is 0.256 e. The zero-order chi connectivity index (χ0) is 15.0. The fourth-order valence-electron chi connectivity index (χ4n) is 2.10. The number of nitrogens with one attached hydrogen (secondary N) is 1. The number of anilines is 1. The molecule has 21 heavy (non-hydrogen) atoms. The molecule has 108 valence electrons. The molecular weight excluding hydrogens is 286 g/mol. The van der Waals surface area contributed by atoms with Crippen LogP contribution in [0.5, 0.6) is 5.75 Å². The van der Waals surface area contributed by atoms with Crippen molar-refractivity contribution in [3.63, 3.8) is 0 Å². The van der Waals surface area contributed by atoms with Gasteiger partial charge in [0.15, 0.2) is 5.13 Å². The van der Waals surface area contributed by atoms with Crippen LogP contribution < -0.4 is 15.2 Å². The van der Waals surface area contributed by atoms with Crippen LogP contribution in [0.2, 0.25) is 0 Å². The van der Waals surface area contributed by atoms with E-state index >= 15 is 0 Å². The molecule has 1 aromatic carbocycles. The van der Waals surface area contributed by atoms with Crippen LogP contribution in [-0.4, -0.2) is 31.2 Å². The first kappa shape index (κ1) is 13.6. The lowest BCUT2D eigenvalue weighted by Gasteiger charge is -2.06. The maximum atomic E-state index is 12.2. The second-order valence-electron chi connectivity index (χ2n) is 4.87. The molecule has 2 aromatic heterocycles. The Morgan fingerprint density at radius 3 is 2.76 bits per heavy atom. The van der Waals surface area contributed by atoms with Crippen LogP contribution in [0.4, 0.5) is 5.13 Å². The molecule has 0 saturated carbocycles. The summed E-state index contributed by atoms with van der Waals surface area (Å²) in [6, 6.07) is 7.37. The molecular formula is C15H15N3O2S. The van der Waals surface area contributed by atoms with Gasteiger partial charge in [-0.1, -0.05) is 11.3 Å². The van der Waals surface area contributed by atoms with E-state index in [0.29, 0.717) is 5.39 Å². The van der Waals surface area contributed by atoms with Gasteiger partial charge in [0.25, 0.3) is 5.56 Å². The van der Waals surface area contributed by atoms with Gasteiger partial charge in [0.2, 0.25) is 0 Å². The third kappa shape index (κ3) is 2.50. The summed E-state index contributed by atoms with van der Waals surface area (Å²) in [5.41, 5.74) is 0.663. The summed E-state index contributed by atoms with van der Waals surface area (Å²) >= 11 is 1.53. The molecule has 0 aliphatic carbocycles. The van der Waals surface area contributed by atoms with Gasteiger partial charge in [0.1, 0.15) is 5.75 Å². The molecule has 0 bridgehead atoms. The molecule has 0 amide bonds. The number of pyridine rings is 1. The lowest BCUT2D eigenvalue weighted by molar-refractivity contribution is 0.415. The van der Waals surface area contributed by atoms with Crippen LogP contribution in [0.3, 0.4) is 0 Å². The van der Waals surface area contributed by atoms with Crippen molar-refractivity contribution in [2.75, 3.05) is 26.1 Å². The zero-order valence-electron chi connectivity index (χ0n) is 12.0. The normalized spacial score (nSPS) is 10.8. The Bertz CT molecular complexity index is 851. The van der Waals surface area contributed by atoms with E-state index in [1.165, 1.54) is 11.3 Å². The maximum absolute atomic E-state index is 12.2. The van der Waals surface area contributed by atoms with Crippen molar-refractivity contribution in [1.82, 2.24) is 9.97 Å². The Kier molecular flexibility index (Phi) is 3.39. The van der Waals surface area contributed by atoms with E-state index in [4.69, 9.17) is 4.74 Å². The summed E-state index contributed by atoms with van der Waals surface area (Å²) < 4.78 is 5.21. The largest absolute Gasteiger partial charge is 0.497 e. The average Bonchev–Trinajstić information content (AvgIpc) is 2.96. The number of H-pyrrole nitrogens is 1. The molecule has 0 atom stereocenters. The number of fused-ring (bicyclic) bond motifs is 1. The predicted octanol–water partition coefficient (Wildman–Crippen LogP) is 2.73. The fraction of sp³-hybridized carbons (Fsp3) is 0.200. The SMILES string of the molecule is COc1ccc2c(=O)[nH]c(-c3cnc(N(C)C)s3)cc2c1. The van der Waals surface area contributed by atoms with E-state index < -0.39 is 0 Å². The van der Waals surface area contributed by atoms with Crippen molar-refractivity contribution in [3.8, 4) is 16.3 Å². The number of methoxy groups -OCH3 is 1. The number of benzene rings is 1. The summed E-state index contributed by atoms with van der Waals surface area (Å²) in [4.78, 5) is 22.3. The molecule has 6 heteroatoms. The second kappa shape index (κ2) is 5.21. The Labute approximate surface area is 125 Å². The van der Waals surface area contributed by atoms with Crippen molar-refractivity contribution >= 4 is 27.2 Å². The van der Waals surface area contributed by atoms with Gasteiger partial charge in [-0.25, -0.2) is 4.98 Å². The summed E-state index contributed by atoms with van der Waals surface area (Å²) in [6.07, 6.45) is 1.78. The molecule has 0 radical (unpaired) electrons. The van der Waals surface area contributed by atoms with Gasteiger partial charge >= 0.3 is 0 Å². The van der Waals surface area contributed by atoms with E-state index in [0.717, 1.165) is 26.8 Å². The van der Waals surface area contributed by atoms with Crippen LogP contribution in [0.1, 0.15) is 0 Å². The molecule has 3 rings (SSSR count). The minimum atomic E-state index is -0.107. The molecule has 0 aliphatic heterocycles. The molecule has 2 heterocycles. The van der Waals surface area contributed by atoms with Crippen LogP contribution in [0.25, 0.3) is 21.3 Å². The molecule has 3 aromatic rings. The molecule has 5 nitrogen and oxygen atoms in total. The van der Waals surface area contributed by atoms with E-state index in [1.54, 1.807) is 25.4 Å². The van der Waals surface area contributed by atoms with Crippen molar-refractivity contribution in [1.29, 1.82) is 0 Å². The van der Waals surface area contributed by atoms with Gasteiger partial charge < -0.3 is 14.6 Å². The summed E-state index contributed by atoms with van der Waals surface area (Å²) in [5, 5.41) is 2.40. The van der Waals surface area contributed by atoms with Gasteiger partial charge in [-0.2, -0.15) is 0 Å². The first-order valence-corrected chi connectivity index (χ1v) is 7.25. The van der Waals surface area contributed by atoms with Gasteiger partial charge in [-0.3, -0.25) is 4.79 Å². The molecule has 0 spiro atoms. The standard InChI is InChI=1S/C15H15N3O2S/c1-18(2)15-16-8-13(21-15)12-7-9-6-10(20-3)4-5-11(9)14(19)17-12/h4-8H,1-3H3,(H,17,19). The van der Waals surface area contributed by atoms with Crippen LogP contribution in [0.15, 0.2) is 35.3 Å². The number of rotatable bonds is 3. The molecule has 1 N–H and O–H groups in total. The number of aromatic nitrogens is 2. The first-order chi connectivity index (χ1) is 10.1. The smallest absolute Gasteiger partial charge is 0.256 e. The number of hydrogen-bond donors (Lipinski definition) is 1. The lowest BCUT2D eigenvalue weighted by Crippen LogP contribution is -2.07. The van der Waals surface area contributed by atoms with Gasteiger partial charge in [0, 0.05) is 25.7 Å². The number of hydrogen-bond acceptors (Lipinski definition) is 5.